The Balaban J connectivity index is 2.24. The second kappa shape index (κ2) is 3.16. The Morgan fingerprint density at radius 2 is 2.13 bits per heavy atom. The number of aromatic hydroxyl groups is 1. The summed E-state index contributed by atoms with van der Waals surface area (Å²) in [5.74, 6) is 0.366. The van der Waals surface area contributed by atoms with Gasteiger partial charge in [-0.1, -0.05) is 12.1 Å². The molecule has 1 aliphatic rings. The van der Waals surface area contributed by atoms with Gasteiger partial charge in [0.05, 0.1) is 5.52 Å². The summed E-state index contributed by atoms with van der Waals surface area (Å²) in [5.41, 5.74) is 2.46. The third-order valence-corrected chi connectivity index (χ3v) is 3.04. The van der Waals surface area contributed by atoms with Crippen LogP contribution in [0.3, 0.4) is 0 Å². The lowest BCUT2D eigenvalue weighted by Crippen LogP contribution is -1.91. The third-order valence-electron chi connectivity index (χ3n) is 3.04. The van der Waals surface area contributed by atoms with Crippen molar-refractivity contribution in [1.29, 1.82) is 0 Å². The maximum absolute atomic E-state index is 9.69. The zero-order valence-electron chi connectivity index (χ0n) is 8.48. The zero-order chi connectivity index (χ0) is 10.3. The third kappa shape index (κ3) is 1.25. The molecule has 0 fully saturated rings. The van der Waals surface area contributed by atoms with Crippen molar-refractivity contribution < 1.29 is 5.11 Å². The maximum Gasteiger partial charge on any atom is 0.124 e. The van der Waals surface area contributed by atoms with Crippen molar-refractivity contribution in [3.8, 4) is 5.75 Å². The molecule has 0 amide bonds. The molecule has 0 spiro atoms. The largest absolute Gasteiger partial charge is 0.507 e. The normalized spacial score (nSPS) is 15.9. The summed E-state index contributed by atoms with van der Waals surface area (Å²) in [6.07, 6.45) is 7.88. The highest BCUT2D eigenvalue weighted by Crippen LogP contribution is 2.30. The van der Waals surface area contributed by atoms with Gasteiger partial charge < -0.3 is 9.67 Å². The molecule has 76 valence electrons. The smallest absolute Gasteiger partial charge is 0.124 e. The minimum atomic E-state index is 0.366. The van der Waals surface area contributed by atoms with Crippen LogP contribution >= 0.6 is 0 Å². The first-order valence-electron chi connectivity index (χ1n) is 5.35. The van der Waals surface area contributed by atoms with E-state index in [-0.39, 0.29) is 0 Å². The molecule has 2 nitrogen and oxygen atoms in total. The fraction of sp³-hybridized carbons (Fsp3) is 0.231. The van der Waals surface area contributed by atoms with Gasteiger partial charge in [-0.2, -0.15) is 0 Å². The standard InChI is InChI=1S/C13H13NO/c15-13-7-3-6-12-11(13)8-9-14(12)10-4-1-2-5-10/h3-4,6-9,15H,1-2,5H2. The number of rotatable bonds is 1. The van der Waals surface area contributed by atoms with Gasteiger partial charge in [-0.05, 0) is 37.5 Å². The van der Waals surface area contributed by atoms with Gasteiger partial charge >= 0.3 is 0 Å². The van der Waals surface area contributed by atoms with E-state index in [4.69, 9.17) is 0 Å². The molecule has 2 aromatic rings. The van der Waals surface area contributed by atoms with E-state index in [0.29, 0.717) is 5.75 Å². The Hall–Kier alpha value is -1.70. The molecule has 0 saturated carbocycles. The van der Waals surface area contributed by atoms with Crippen LogP contribution in [-0.2, 0) is 0 Å². The van der Waals surface area contributed by atoms with Crippen LogP contribution in [0.15, 0.2) is 36.5 Å². The quantitative estimate of drug-likeness (QED) is 0.748. The molecular formula is C13H13NO. The number of nitrogens with zero attached hydrogens (tertiary/aromatic N) is 1. The molecular weight excluding hydrogens is 186 g/mol. The molecule has 2 heteroatoms. The summed E-state index contributed by atoms with van der Waals surface area (Å²) in [6, 6.07) is 7.65. The Labute approximate surface area is 88.5 Å². The lowest BCUT2D eigenvalue weighted by atomic mass is 10.2. The Morgan fingerprint density at radius 1 is 1.20 bits per heavy atom. The molecule has 1 N–H and O–H groups in total. The van der Waals surface area contributed by atoms with Crippen LogP contribution in [0.4, 0.5) is 0 Å². The molecule has 15 heavy (non-hydrogen) atoms. The van der Waals surface area contributed by atoms with Crippen LogP contribution in [-0.4, -0.2) is 9.67 Å². The van der Waals surface area contributed by atoms with E-state index in [1.165, 1.54) is 18.5 Å². The first-order chi connectivity index (χ1) is 7.36. The molecule has 0 atom stereocenters. The van der Waals surface area contributed by atoms with Crippen molar-refractivity contribution >= 4 is 16.6 Å². The van der Waals surface area contributed by atoms with Crippen LogP contribution in [0, 0.1) is 0 Å². The van der Waals surface area contributed by atoms with E-state index in [0.717, 1.165) is 17.3 Å². The predicted octanol–water partition coefficient (Wildman–Crippen LogP) is 3.37. The van der Waals surface area contributed by atoms with Crippen molar-refractivity contribution in [3.63, 3.8) is 0 Å². The van der Waals surface area contributed by atoms with Crippen LogP contribution in [0.1, 0.15) is 19.3 Å². The Morgan fingerprint density at radius 3 is 2.93 bits per heavy atom. The van der Waals surface area contributed by atoms with Gasteiger partial charge in [-0.3, -0.25) is 0 Å². The monoisotopic (exact) mass is 199 g/mol. The minimum Gasteiger partial charge on any atom is -0.507 e. The zero-order valence-corrected chi connectivity index (χ0v) is 8.48. The average Bonchev–Trinajstić information content (AvgIpc) is 2.85. The van der Waals surface area contributed by atoms with Gasteiger partial charge in [-0.15, -0.1) is 0 Å². The molecule has 0 saturated heterocycles. The van der Waals surface area contributed by atoms with Gasteiger partial charge in [0.15, 0.2) is 0 Å². The molecule has 0 radical (unpaired) electrons. The van der Waals surface area contributed by atoms with E-state index in [1.54, 1.807) is 6.07 Å². The van der Waals surface area contributed by atoms with Crippen molar-refractivity contribution in [2.24, 2.45) is 0 Å². The molecule has 1 heterocycles. The van der Waals surface area contributed by atoms with Crippen LogP contribution in [0.25, 0.3) is 16.6 Å². The topological polar surface area (TPSA) is 25.2 Å². The van der Waals surface area contributed by atoms with Crippen molar-refractivity contribution in [3.05, 3.63) is 36.5 Å². The van der Waals surface area contributed by atoms with Crippen molar-refractivity contribution in [2.45, 2.75) is 19.3 Å². The first kappa shape index (κ1) is 8.60. The van der Waals surface area contributed by atoms with Gasteiger partial charge in [0, 0.05) is 17.3 Å². The number of phenolic OH excluding ortho intramolecular Hbond substituents is 1. The molecule has 1 aromatic carbocycles. The van der Waals surface area contributed by atoms with E-state index in [1.807, 2.05) is 24.4 Å². The average molecular weight is 199 g/mol. The summed E-state index contributed by atoms with van der Waals surface area (Å²) in [7, 11) is 0. The number of allylic oxidation sites excluding steroid dienone is 2. The van der Waals surface area contributed by atoms with Gasteiger partial charge in [0.1, 0.15) is 5.75 Å². The van der Waals surface area contributed by atoms with Crippen LogP contribution < -0.4 is 0 Å². The lowest BCUT2D eigenvalue weighted by molar-refractivity contribution is 0.481. The fourth-order valence-corrected chi connectivity index (χ4v) is 2.27. The summed E-state index contributed by atoms with van der Waals surface area (Å²) >= 11 is 0. The predicted molar refractivity (Wildman–Crippen MR) is 61.7 cm³/mol. The summed E-state index contributed by atoms with van der Waals surface area (Å²) in [4.78, 5) is 0. The summed E-state index contributed by atoms with van der Waals surface area (Å²) in [6.45, 7) is 0. The highest BCUT2D eigenvalue weighted by molar-refractivity contribution is 5.88. The van der Waals surface area contributed by atoms with E-state index in [9.17, 15) is 5.11 Å². The van der Waals surface area contributed by atoms with Crippen LogP contribution in [0.2, 0.25) is 0 Å². The number of hydrogen-bond acceptors (Lipinski definition) is 1. The van der Waals surface area contributed by atoms with Gasteiger partial charge in [-0.25, -0.2) is 0 Å². The molecule has 0 bridgehead atoms. The number of phenols is 1. The lowest BCUT2D eigenvalue weighted by Gasteiger charge is -2.05. The molecule has 0 aliphatic heterocycles. The van der Waals surface area contributed by atoms with E-state index in [2.05, 4.69) is 10.6 Å². The molecule has 3 rings (SSSR count). The number of fused-ring (bicyclic) bond motifs is 1. The van der Waals surface area contributed by atoms with Crippen molar-refractivity contribution in [1.82, 2.24) is 4.57 Å². The molecule has 1 aliphatic carbocycles. The number of hydrogen-bond donors (Lipinski definition) is 1. The summed E-state index contributed by atoms with van der Waals surface area (Å²) < 4.78 is 2.18. The van der Waals surface area contributed by atoms with E-state index < -0.39 is 0 Å². The Kier molecular flexibility index (Phi) is 1.81. The SMILES string of the molecule is Oc1cccc2c1ccn2C1=CCCC1. The Bertz CT molecular complexity index is 536. The van der Waals surface area contributed by atoms with E-state index >= 15 is 0 Å². The minimum absolute atomic E-state index is 0.366. The first-order valence-corrected chi connectivity index (χ1v) is 5.35. The van der Waals surface area contributed by atoms with Crippen LogP contribution in [0.5, 0.6) is 5.75 Å². The second-order valence-electron chi connectivity index (χ2n) is 3.98. The summed E-state index contributed by atoms with van der Waals surface area (Å²) in [5, 5.41) is 10.6. The highest BCUT2D eigenvalue weighted by Gasteiger charge is 2.10. The van der Waals surface area contributed by atoms with Crippen molar-refractivity contribution in [2.75, 3.05) is 0 Å². The highest BCUT2D eigenvalue weighted by atomic mass is 16.3. The molecule has 0 unspecified atom stereocenters. The molecule has 1 aromatic heterocycles. The fourth-order valence-electron chi connectivity index (χ4n) is 2.27. The number of benzene rings is 1. The number of aromatic nitrogens is 1. The maximum atomic E-state index is 9.69. The van der Waals surface area contributed by atoms with Gasteiger partial charge in [0.2, 0.25) is 0 Å². The van der Waals surface area contributed by atoms with Gasteiger partial charge in [0.25, 0.3) is 0 Å². The second-order valence-corrected chi connectivity index (χ2v) is 3.98.